The number of benzene rings is 6. The van der Waals surface area contributed by atoms with Crippen LogP contribution in [0, 0.1) is 22.7 Å². The minimum atomic E-state index is 0.108. The van der Waals surface area contributed by atoms with Crippen molar-refractivity contribution in [1.82, 2.24) is 0 Å². The van der Waals surface area contributed by atoms with E-state index in [-0.39, 0.29) is 5.57 Å². The van der Waals surface area contributed by atoms with Crippen LogP contribution in [-0.2, 0) is 0 Å². The maximum atomic E-state index is 9.97. The largest absolute Gasteiger partial charge is 0.310 e. The van der Waals surface area contributed by atoms with Gasteiger partial charge in [-0.05, 0) is 95.1 Å². The number of allylic oxidation sites excluding steroid dienone is 1. The molecular weight excluding hydrogens is 536 g/mol. The molecule has 6 aromatic rings. The number of fused-ring (bicyclic) bond motifs is 3. The maximum Gasteiger partial charge on any atom is 0.138 e. The Morgan fingerprint density at radius 2 is 0.682 bits per heavy atom. The molecule has 0 aliphatic heterocycles. The van der Waals surface area contributed by atoms with Crippen molar-refractivity contribution in [3.63, 3.8) is 0 Å². The van der Waals surface area contributed by atoms with Gasteiger partial charge in [-0.1, -0.05) is 84.9 Å². The van der Waals surface area contributed by atoms with Gasteiger partial charge in [0.05, 0.1) is 0 Å². The quantitative estimate of drug-likeness (QED) is 0.189. The monoisotopic (exact) mass is 562 g/mol. The van der Waals surface area contributed by atoms with Gasteiger partial charge >= 0.3 is 0 Å². The molecule has 0 radical (unpaired) electrons. The average molecular weight is 563 g/mol. The van der Waals surface area contributed by atoms with Crippen LogP contribution in [0.25, 0.3) is 16.7 Å². The number of hydrogen-bond acceptors (Lipinski definition) is 4. The van der Waals surface area contributed by atoms with E-state index >= 15 is 0 Å². The first kappa shape index (κ1) is 26.5. The van der Waals surface area contributed by atoms with Gasteiger partial charge in [0, 0.05) is 39.7 Å². The molecule has 0 spiro atoms. The topological polar surface area (TPSA) is 54.1 Å². The Hall–Kier alpha value is -6.36. The van der Waals surface area contributed by atoms with Crippen LogP contribution < -0.4 is 9.80 Å². The third-order valence-corrected chi connectivity index (χ3v) is 7.88. The smallest absolute Gasteiger partial charge is 0.138 e. The van der Waals surface area contributed by atoms with E-state index in [9.17, 15) is 10.5 Å². The molecule has 0 saturated heterocycles. The van der Waals surface area contributed by atoms with Gasteiger partial charge in [0.15, 0.2) is 0 Å². The highest BCUT2D eigenvalue weighted by atomic mass is 15.1. The summed E-state index contributed by atoms with van der Waals surface area (Å²) in [6.07, 6.45) is 0. The van der Waals surface area contributed by atoms with E-state index < -0.39 is 0 Å². The fourth-order valence-corrected chi connectivity index (χ4v) is 5.98. The molecule has 0 saturated carbocycles. The van der Waals surface area contributed by atoms with E-state index in [2.05, 4.69) is 94.7 Å². The first-order valence-corrected chi connectivity index (χ1v) is 14.4. The molecule has 0 heterocycles. The van der Waals surface area contributed by atoms with Crippen LogP contribution >= 0.6 is 0 Å². The summed E-state index contributed by atoms with van der Waals surface area (Å²) < 4.78 is 0. The van der Waals surface area contributed by atoms with Gasteiger partial charge in [-0.15, -0.1) is 0 Å². The van der Waals surface area contributed by atoms with E-state index in [1.54, 1.807) is 0 Å². The highest BCUT2D eigenvalue weighted by molar-refractivity contribution is 6.06. The van der Waals surface area contributed by atoms with E-state index in [0.717, 1.165) is 56.4 Å². The minimum Gasteiger partial charge on any atom is -0.310 e. The van der Waals surface area contributed by atoms with E-state index in [1.165, 1.54) is 0 Å². The van der Waals surface area contributed by atoms with Crippen LogP contribution in [0.3, 0.4) is 0 Å². The predicted octanol–water partition coefficient (Wildman–Crippen LogP) is 10.5. The van der Waals surface area contributed by atoms with Crippen molar-refractivity contribution in [1.29, 1.82) is 10.5 Å². The molecule has 1 aliphatic carbocycles. The van der Waals surface area contributed by atoms with Crippen molar-refractivity contribution < 1.29 is 0 Å². The molecular formula is C40H26N4. The SMILES string of the molecule is N#CC(C#N)=C1c2ccc(N(c3ccccc3)c3ccccc3)cc2-c2cc(N(c3ccccc3)c3ccccc3)ccc21. The van der Waals surface area contributed by atoms with Crippen molar-refractivity contribution in [3.8, 4) is 23.3 Å². The standard InChI is InChI=1S/C40H26N4/c41-27-29(28-42)40-36-23-21-34(43(30-13-5-1-6-14-30)31-15-7-2-8-16-31)25-38(36)39-26-35(22-24-37(39)40)44(32-17-9-3-10-18-32)33-19-11-4-12-20-33/h1-26H. The minimum absolute atomic E-state index is 0.108. The molecule has 0 unspecified atom stereocenters. The summed E-state index contributed by atoms with van der Waals surface area (Å²) in [6.45, 7) is 0. The van der Waals surface area contributed by atoms with Crippen molar-refractivity contribution in [2.45, 2.75) is 0 Å². The molecule has 0 fully saturated rings. The third-order valence-electron chi connectivity index (χ3n) is 7.88. The van der Waals surface area contributed by atoms with Crippen LogP contribution in [0.1, 0.15) is 11.1 Å². The lowest BCUT2D eigenvalue weighted by Gasteiger charge is -2.26. The van der Waals surface area contributed by atoms with E-state index in [4.69, 9.17) is 0 Å². The van der Waals surface area contributed by atoms with Crippen molar-refractivity contribution in [3.05, 3.63) is 174 Å². The number of nitriles is 2. The molecule has 1 aliphatic rings. The molecule has 6 aromatic carbocycles. The van der Waals surface area contributed by atoms with Gasteiger partial charge in [0.2, 0.25) is 0 Å². The van der Waals surface area contributed by atoms with Crippen LogP contribution in [0.4, 0.5) is 34.1 Å². The lowest BCUT2D eigenvalue weighted by molar-refractivity contribution is 1.28. The molecule has 0 N–H and O–H groups in total. The van der Waals surface area contributed by atoms with Gasteiger partial charge < -0.3 is 9.80 Å². The number of anilines is 6. The Morgan fingerprint density at radius 3 is 0.977 bits per heavy atom. The van der Waals surface area contributed by atoms with Gasteiger partial charge in [-0.3, -0.25) is 0 Å². The Bertz CT molecular complexity index is 1840. The lowest BCUT2D eigenvalue weighted by atomic mass is 9.98. The van der Waals surface area contributed by atoms with Gasteiger partial charge in [0.25, 0.3) is 0 Å². The van der Waals surface area contributed by atoms with Crippen LogP contribution in [0.2, 0.25) is 0 Å². The Labute approximate surface area is 257 Å². The zero-order valence-electron chi connectivity index (χ0n) is 23.8. The first-order chi connectivity index (χ1) is 21.8. The van der Waals surface area contributed by atoms with Crippen molar-refractivity contribution in [2.24, 2.45) is 0 Å². The van der Waals surface area contributed by atoms with E-state index in [1.807, 2.05) is 84.9 Å². The molecule has 0 aromatic heterocycles. The summed E-state index contributed by atoms with van der Waals surface area (Å²) in [7, 11) is 0. The molecule has 0 atom stereocenters. The van der Waals surface area contributed by atoms with Crippen LogP contribution in [0.5, 0.6) is 0 Å². The number of rotatable bonds is 6. The second kappa shape index (κ2) is 11.5. The fourth-order valence-electron chi connectivity index (χ4n) is 5.98. The summed E-state index contributed by atoms with van der Waals surface area (Å²) in [5, 5.41) is 19.9. The number of para-hydroxylation sites is 4. The van der Waals surface area contributed by atoms with Crippen molar-refractivity contribution in [2.75, 3.05) is 9.80 Å². The molecule has 206 valence electrons. The Kier molecular flexibility index (Phi) is 6.93. The molecule has 4 heteroatoms. The first-order valence-electron chi connectivity index (χ1n) is 14.4. The van der Waals surface area contributed by atoms with Crippen LogP contribution in [-0.4, -0.2) is 0 Å². The fraction of sp³-hybridized carbons (Fsp3) is 0. The highest BCUT2D eigenvalue weighted by Crippen LogP contribution is 2.50. The predicted molar refractivity (Wildman–Crippen MR) is 178 cm³/mol. The second-order valence-electron chi connectivity index (χ2n) is 10.4. The van der Waals surface area contributed by atoms with Gasteiger partial charge in [-0.25, -0.2) is 0 Å². The number of hydrogen-bond donors (Lipinski definition) is 0. The summed E-state index contributed by atoms with van der Waals surface area (Å²) in [5.74, 6) is 0. The molecule has 4 nitrogen and oxygen atoms in total. The summed E-state index contributed by atoms with van der Waals surface area (Å²) in [6, 6.07) is 58.0. The second-order valence-corrected chi connectivity index (χ2v) is 10.4. The Morgan fingerprint density at radius 1 is 0.364 bits per heavy atom. The van der Waals surface area contributed by atoms with Crippen molar-refractivity contribution >= 4 is 39.7 Å². The summed E-state index contributed by atoms with van der Waals surface area (Å²) >= 11 is 0. The molecule has 7 rings (SSSR count). The molecule has 0 amide bonds. The summed E-state index contributed by atoms with van der Waals surface area (Å²) in [5.41, 5.74) is 10.6. The van der Waals surface area contributed by atoms with Crippen LogP contribution in [0.15, 0.2) is 163 Å². The highest BCUT2D eigenvalue weighted by Gasteiger charge is 2.29. The molecule has 0 bridgehead atoms. The number of nitrogens with zero attached hydrogens (tertiary/aromatic N) is 4. The third kappa shape index (κ3) is 4.68. The zero-order chi connectivity index (χ0) is 29.9. The maximum absolute atomic E-state index is 9.97. The zero-order valence-corrected chi connectivity index (χ0v) is 23.8. The van der Waals surface area contributed by atoms with Gasteiger partial charge in [-0.2, -0.15) is 10.5 Å². The summed E-state index contributed by atoms with van der Waals surface area (Å²) in [4.78, 5) is 4.45. The van der Waals surface area contributed by atoms with E-state index in [0.29, 0.717) is 5.57 Å². The average Bonchev–Trinajstić information content (AvgIpc) is 3.41. The normalized spacial score (nSPS) is 11.1. The lowest BCUT2D eigenvalue weighted by Crippen LogP contribution is -2.10. The Balaban J connectivity index is 1.45. The molecule has 44 heavy (non-hydrogen) atoms. The van der Waals surface area contributed by atoms with Gasteiger partial charge in [0.1, 0.15) is 17.7 Å².